The molecule has 1 heterocycles. The van der Waals surface area contributed by atoms with Crippen LogP contribution in [0.15, 0.2) is 36.4 Å². The normalized spacial score (nSPS) is 17.9. The average Bonchev–Trinajstić information content (AvgIpc) is 3.17. The highest BCUT2D eigenvalue weighted by Gasteiger charge is 2.33. The van der Waals surface area contributed by atoms with Gasteiger partial charge < -0.3 is 19.9 Å². The summed E-state index contributed by atoms with van der Waals surface area (Å²) in [5, 5.41) is 12.4. The third kappa shape index (κ3) is 6.44. The number of carbonyl (C=O) groups excluding carboxylic acids is 1. The van der Waals surface area contributed by atoms with Crippen LogP contribution in [0.3, 0.4) is 0 Å². The predicted octanol–water partition coefficient (Wildman–Crippen LogP) is 6.70. The van der Waals surface area contributed by atoms with Crippen molar-refractivity contribution >= 4 is 52.1 Å². The van der Waals surface area contributed by atoms with Gasteiger partial charge >= 0.3 is 5.97 Å². The second-order valence-corrected chi connectivity index (χ2v) is 12.1. The maximum absolute atomic E-state index is 12.4. The van der Waals surface area contributed by atoms with Gasteiger partial charge in [-0.25, -0.2) is 4.98 Å². The summed E-state index contributed by atoms with van der Waals surface area (Å²) in [5.41, 5.74) is 3.59. The van der Waals surface area contributed by atoms with E-state index in [1.165, 1.54) is 12.8 Å². The van der Waals surface area contributed by atoms with E-state index in [0.717, 1.165) is 35.4 Å². The molecule has 2 N–H and O–H groups in total. The lowest BCUT2D eigenvalue weighted by Gasteiger charge is -2.41. The van der Waals surface area contributed by atoms with Crippen molar-refractivity contribution in [2.75, 3.05) is 11.4 Å². The molecule has 0 saturated heterocycles. The number of nitrogens with zero attached hydrogens (tertiary/aromatic N) is 3. The molecule has 7 nitrogen and oxygen atoms in total. The number of imidazole rings is 1. The van der Waals surface area contributed by atoms with Gasteiger partial charge in [-0.2, -0.15) is 0 Å². The molecule has 9 heteroatoms. The van der Waals surface area contributed by atoms with E-state index >= 15 is 0 Å². The molecule has 0 aliphatic heterocycles. The van der Waals surface area contributed by atoms with Gasteiger partial charge in [0.1, 0.15) is 0 Å². The first-order chi connectivity index (χ1) is 17.9. The highest BCUT2D eigenvalue weighted by atomic mass is 35.5. The molecular formula is C29H36Cl2N4O3. The van der Waals surface area contributed by atoms with Gasteiger partial charge in [0.2, 0.25) is 5.95 Å². The lowest BCUT2D eigenvalue weighted by atomic mass is 9.71. The number of anilines is 1. The van der Waals surface area contributed by atoms with Crippen LogP contribution in [-0.4, -0.2) is 39.1 Å². The van der Waals surface area contributed by atoms with E-state index in [9.17, 15) is 9.59 Å². The average molecular weight is 560 g/mol. The van der Waals surface area contributed by atoms with Crippen molar-refractivity contribution in [2.45, 2.75) is 65.5 Å². The highest BCUT2D eigenvalue weighted by molar-refractivity contribution is 6.42. The van der Waals surface area contributed by atoms with Crippen LogP contribution in [0.4, 0.5) is 5.95 Å². The molecule has 0 atom stereocenters. The number of amides is 1. The molecule has 2 aromatic carbocycles. The van der Waals surface area contributed by atoms with Crippen LogP contribution < -0.4 is 10.2 Å². The van der Waals surface area contributed by atoms with Gasteiger partial charge in [-0.3, -0.25) is 9.59 Å². The molecule has 1 aliphatic carbocycles. The second kappa shape index (κ2) is 11.5. The summed E-state index contributed by atoms with van der Waals surface area (Å²) < 4.78 is 2.08. The molecule has 0 bridgehead atoms. The van der Waals surface area contributed by atoms with Gasteiger partial charge in [0.15, 0.2) is 0 Å². The van der Waals surface area contributed by atoms with Crippen LogP contribution in [0.25, 0.3) is 11.0 Å². The lowest BCUT2D eigenvalue weighted by Crippen LogP contribution is -2.41. The topological polar surface area (TPSA) is 87.5 Å². The van der Waals surface area contributed by atoms with Crippen molar-refractivity contribution < 1.29 is 14.7 Å². The summed E-state index contributed by atoms with van der Waals surface area (Å²) in [6.07, 6.45) is 4.39. The smallest absolute Gasteiger partial charge is 0.305 e. The number of nitrogens with one attached hydrogen (secondary N) is 1. The Hall–Kier alpha value is -2.77. The number of benzene rings is 2. The fourth-order valence-electron chi connectivity index (χ4n) is 5.39. The van der Waals surface area contributed by atoms with Crippen LogP contribution in [0, 0.1) is 11.3 Å². The summed E-state index contributed by atoms with van der Waals surface area (Å²) in [5.74, 6) is 0.341. The Labute approximate surface area is 234 Å². The van der Waals surface area contributed by atoms with E-state index in [0.29, 0.717) is 39.5 Å². The summed E-state index contributed by atoms with van der Waals surface area (Å²) in [4.78, 5) is 30.5. The number of carbonyl (C=O) groups is 2. The van der Waals surface area contributed by atoms with Crippen LogP contribution in [-0.2, 0) is 18.4 Å². The van der Waals surface area contributed by atoms with Crippen molar-refractivity contribution in [3.05, 3.63) is 57.6 Å². The number of hydrogen-bond acceptors (Lipinski definition) is 4. The van der Waals surface area contributed by atoms with Gasteiger partial charge in [-0.1, -0.05) is 56.1 Å². The molecule has 1 aromatic heterocycles. The van der Waals surface area contributed by atoms with Crippen LogP contribution in [0.1, 0.15) is 68.8 Å². The zero-order chi connectivity index (χ0) is 27.6. The third-order valence-electron chi connectivity index (χ3n) is 7.71. The van der Waals surface area contributed by atoms with Gasteiger partial charge in [-0.15, -0.1) is 0 Å². The number of halogens is 2. The van der Waals surface area contributed by atoms with E-state index in [1.54, 1.807) is 12.1 Å². The van der Waals surface area contributed by atoms with Gasteiger partial charge in [0, 0.05) is 31.7 Å². The molecule has 204 valence electrons. The quantitative estimate of drug-likeness (QED) is 0.321. The molecule has 0 unspecified atom stereocenters. The number of fused-ring (bicyclic) bond motifs is 1. The first-order valence-electron chi connectivity index (χ1n) is 13.1. The Bertz CT molecular complexity index is 1310. The Kier molecular flexibility index (Phi) is 8.58. The highest BCUT2D eigenvalue weighted by Crippen LogP contribution is 2.40. The van der Waals surface area contributed by atoms with E-state index in [4.69, 9.17) is 33.3 Å². The van der Waals surface area contributed by atoms with Crippen LogP contribution >= 0.6 is 23.2 Å². The minimum Gasteiger partial charge on any atom is -0.481 e. The van der Waals surface area contributed by atoms with E-state index < -0.39 is 5.97 Å². The fraction of sp³-hybridized carbons (Fsp3) is 0.483. The Balaban J connectivity index is 1.59. The number of aryl methyl sites for hydroxylation is 1. The molecule has 3 aromatic rings. The first kappa shape index (κ1) is 28.2. The molecule has 0 radical (unpaired) electrons. The van der Waals surface area contributed by atoms with Crippen LogP contribution in [0.5, 0.6) is 0 Å². The lowest BCUT2D eigenvalue weighted by molar-refractivity contribution is -0.136. The summed E-state index contributed by atoms with van der Waals surface area (Å²) in [7, 11) is 2.01. The maximum atomic E-state index is 12.4. The predicted molar refractivity (Wildman–Crippen MR) is 153 cm³/mol. The Morgan fingerprint density at radius 2 is 1.71 bits per heavy atom. The monoisotopic (exact) mass is 558 g/mol. The van der Waals surface area contributed by atoms with Crippen molar-refractivity contribution in [1.82, 2.24) is 14.9 Å². The van der Waals surface area contributed by atoms with E-state index in [-0.39, 0.29) is 18.9 Å². The van der Waals surface area contributed by atoms with Crippen molar-refractivity contribution in [1.29, 1.82) is 0 Å². The number of rotatable bonds is 8. The molecule has 1 aliphatic rings. The minimum atomic E-state index is -0.941. The van der Waals surface area contributed by atoms with Gasteiger partial charge in [-0.05, 0) is 66.8 Å². The van der Waals surface area contributed by atoms with Crippen molar-refractivity contribution in [3.8, 4) is 0 Å². The van der Waals surface area contributed by atoms with E-state index in [1.807, 2.05) is 31.3 Å². The maximum Gasteiger partial charge on any atom is 0.305 e. The summed E-state index contributed by atoms with van der Waals surface area (Å²) in [6.45, 7) is 7.72. The van der Waals surface area contributed by atoms with Crippen molar-refractivity contribution in [2.24, 2.45) is 18.4 Å². The molecule has 38 heavy (non-hydrogen) atoms. The van der Waals surface area contributed by atoms with Crippen LogP contribution in [0.2, 0.25) is 10.0 Å². The second-order valence-electron chi connectivity index (χ2n) is 11.3. The van der Waals surface area contributed by atoms with Crippen molar-refractivity contribution in [3.63, 3.8) is 0 Å². The number of hydrogen-bond donors (Lipinski definition) is 2. The Morgan fingerprint density at radius 1 is 1.08 bits per heavy atom. The van der Waals surface area contributed by atoms with Gasteiger partial charge in [0.05, 0.1) is 27.5 Å². The summed E-state index contributed by atoms with van der Waals surface area (Å²) >= 11 is 12.6. The zero-order valence-electron chi connectivity index (χ0n) is 22.4. The number of carboxylic acids is 1. The minimum absolute atomic E-state index is 0.0989. The third-order valence-corrected chi connectivity index (χ3v) is 8.43. The molecule has 0 spiro atoms. The molecule has 1 saturated carbocycles. The fourth-order valence-corrected chi connectivity index (χ4v) is 5.71. The molecular weight excluding hydrogens is 523 g/mol. The standard InChI is InChI=1S/C29H36Cl2N4O3/c1-29(2,3)20-9-11-21(12-10-20)35(28-33-24-15-22(30)23(31)16-25(24)34(28)4)17-18-5-7-19(8-6-18)27(38)32-14-13-26(36)37/h5-8,15-16,20-21H,9-14,17H2,1-4H3,(H,32,38)(H,36,37). The number of aromatic nitrogens is 2. The van der Waals surface area contributed by atoms with Gasteiger partial charge in [0.25, 0.3) is 5.91 Å². The molecule has 4 rings (SSSR count). The first-order valence-corrected chi connectivity index (χ1v) is 13.9. The zero-order valence-corrected chi connectivity index (χ0v) is 23.9. The molecule has 1 amide bonds. The largest absolute Gasteiger partial charge is 0.481 e. The summed E-state index contributed by atoms with van der Waals surface area (Å²) in [6, 6.07) is 11.5. The SMILES string of the molecule is Cn1c(N(Cc2ccc(C(=O)NCCC(=O)O)cc2)C2CCC(C(C)(C)C)CC2)nc2cc(Cl)c(Cl)cc21. The van der Waals surface area contributed by atoms with E-state index in [2.05, 4.69) is 35.6 Å². The number of carboxylic acid groups (broad SMARTS) is 1. The number of aliphatic carboxylic acids is 1. The molecule has 1 fully saturated rings. The Morgan fingerprint density at radius 3 is 2.32 bits per heavy atom.